The van der Waals surface area contributed by atoms with Gasteiger partial charge in [0.1, 0.15) is 19.1 Å². The van der Waals surface area contributed by atoms with Crippen LogP contribution in [0, 0.1) is 0 Å². The first-order chi connectivity index (χ1) is 18.9. The lowest BCUT2D eigenvalue weighted by Crippen LogP contribution is -2.48. The maximum Gasteiger partial charge on any atom is 0.335 e. The molecule has 1 saturated heterocycles. The Morgan fingerprint density at radius 1 is 0.976 bits per heavy atom. The van der Waals surface area contributed by atoms with Crippen molar-refractivity contribution in [3.63, 3.8) is 0 Å². The van der Waals surface area contributed by atoms with Crippen LogP contribution in [0.1, 0.15) is 65.3 Å². The third-order valence-electron chi connectivity index (χ3n) is 8.90. The molecule has 0 amide bonds. The second-order valence-corrected chi connectivity index (χ2v) is 24.2. The quantitative estimate of drug-likeness (QED) is 0.194. The Hall–Kier alpha value is -1.35. The van der Waals surface area contributed by atoms with Crippen LogP contribution in [0.2, 0.25) is 36.3 Å². The number of nitrogens with zero attached hydrogens (tertiary/aromatic N) is 2. The maximum absolute atomic E-state index is 13.7. The Morgan fingerprint density at radius 2 is 1.59 bits per heavy atom. The summed E-state index contributed by atoms with van der Waals surface area (Å²) in [5, 5.41) is 0.371. The van der Waals surface area contributed by atoms with Crippen molar-refractivity contribution < 1.29 is 18.3 Å². The summed E-state index contributed by atoms with van der Waals surface area (Å²) in [7, 11) is -4.19. The smallest absolute Gasteiger partial charge is 0.335 e. The number of halogens is 1. The summed E-state index contributed by atoms with van der Waals surface area (Å²) in [6.07, 6.45) is 0.932. The van der Waals surface area contributed by atoms with Crippen LogP contribution in [-0.4, -0.2) is 44.6 Å². The Labute approximate surface area is 255 Å². The number of alkyl halides is 1. The third kappa shape index (κ3) is 8.18. The molecule has 230 valence electrons. The van der Waals surface area contributed by atoms with Crippen LogP contribution >= 0.6 is 15.9 Å². The predicted molar refractivity (Wildman–Crippen MR) is 173 cm³/mol. The van der Waals surface area contributed by atoms with Gasteiger partial charge in [-0.05, 0) is 41.8 Å². The third-order valence-corrected chi connectivity index (χ3v) is 18.5. The van der Waals surface area contributed by atoms with Gasteiger partial charge in [0.15, 0.2) is 16.6 Å². The highest BCUT2D eigenvalue weighted by atomic mass is 79.9. The first kappa shape index (κ1) is 34.1. The molecule has 0 aliphatic carbocycles. The summed E-state index contributed by atoms with van der Waals surface area (Å²) < 4.78 is 28.5. The first-order valence-electron chi connectivity index (χ1n) is 14.4. The molecule has 8 nitrogen and oxygen atoms in total. The average Bonchev–Trinajstić information content (AvgIpc) is 3.25. The molecule has 0 bridgehead atoms. The highest BCUT2D eigenvalue weighted by Crippen LogP contribution is 2.42. The van der Waals surface area contributed by atoms with E-state index < -0.39 is 28.6 Å². The van der Waals surface area contributed by atoms with Crippen LogP contribution in [-0.2, 0) is 37.0 Å². The molecule has 0 N–H and O–H groups in total. The van der Waals surface area contributed by atoms with Crippen molar-refractivity contribution in [2.45, 2.75) is 121 Å². The van der Waals surface area contributed by atoms with Crippen molar-refractivity contribution in [3.8, 4) is 0 Å². The topological polar surface area (TPSA) is 80.9 Å². The van der Waals surface area contributed by atoms with Crippen molar-refractivity contribution >= 4 is 32.6 Å². The van der Waals surface area contributed by atoms with Crippen LogP contribution in [0.3, 0.4) is 0 Å². The molecular formula is C30H49BrN2O6Si2. The van der Waals surface area contributed by atoms with Gasteiger partial charge < -0.3 is 18.3 Å². The van der Waals surface area contributed by atoms with Gasteiger partial charge in [-0.1, -0.05) is 87.8 Å². The standard InChI is InChI=1S/C30H49BrN2O6Si2/c1-29(2,3)40(7,8)37-20-25-24(39-41(9,10)30(4,5)6)16-26(38-25)32-18-23(17-31)27(34)33(28(32)35)21-36-19-22-14-12-11-13-15-22/h11-15,18,24-26H,16-17,19-21H2,1-10H3/t24-,25-,26-/m1/s1. The summed E-state index contributed by atoms with van der Waals surface area (Å²) >= 11 is 3.42. The van der Waals surface area contributed by atoms with Gasteiger partial charge in [-0.15, -0.1) is 0 Å². The Morgan fingerprint density at radius 3 is 2.15 bits per heavy atom. The predicted octanol–water partition coefficient (Wildman–Crippen LogP) is 6.78. The van der Waals surface area contributed by atoms with Gasteiger partial charge in [0, 0.05) is 23.5 Å². The molecule has 0 unspecified atom stereocenters. The Bertz CT molecular complexity index is 1280. The lowest BCUT2D eigenvalue weighted by molar-refractivity contribution is -0.0426. The SMILES string of the molecule is CC(C)(C)[Si](C)(C)OC[C@H]1O[C@@H](n2cc(CBr)c(=O)n(COCc3ccccc3)c2=O)C[C@H]1O[Si](C)(C)C(C)(C)C. The van der Waals surface area contributed by atoms with Crippen molar-refractivity contribution in [1.29, 1.82) is 0 Å². The van der Waals surface area contributed by atoms with Crippen molar-refractivity contribution in [3.05, 3.63) is 68.5 Å². The van der Waals surface area contributed by atoms with Crippen molar-refractivity contribution in [2.24, 2.45) is 0 Å². The summed E-state index contributed by atoms with van der Waals surface area (Å²) in [6.45, 7) is 22.7. The van der Waals surface area contributed by atoms with Crippen molar-refractivity contribution in [2.75, 3.05) is 6.61 Å². The molecule has 1 aliphatic rings. The van der Waals surface area contributed by atoms with Gasteiger partial charge in [0.05, 0.1) is 19.3 Å². The molecule has 2 heterocycles. The molecule has 2 aromatic rings. The summed E-state index contributed by atoms with van der Waals surface area (Å²) in [6, 6.07) is 9.66. The highest BCUT2D eigenvalue weighted by molar-refractivity contribution is 9.08. The molecule has 1 aromatic carbocycles. The molecule has 1 fully saturated rings. The van der Waals surface area contributed by atoms with Gasteiger partial charge in [-0.2, -0.15) is 0 Å². The fourth-order valence-electron chi connectivity index (χ4n) is 4.13. The molecule has 0 saturated carbocycles. The van der Waals surface area contributed by atoms with E-state index in [4.69, 9.17) is 18.3 Å². The minimum Gasteiger partial charge on any atom is -0.414 e. The zero-order valence-corrected chi connectivity index (χ0v) is 30.0. The minimum atomic E-state index is -2.15. The number of hydrogen-bond acceptors (Lipinski definition) is 6. The number of ether oxygens (including phenoxy) is 2. The van der Waals surface area contributed by atoms with Gasteiger partial charge in [0.25, 0.3) is 5.56 Å². The van der Waals surface area contributed by atoms with Gasteiger partial charge >= 0.3 is 5.69 Å². The van der Waals surface area contributed by atoms with E-state index in [0.29, 0.717) is 30.5 Å². The van der Waals surface area contributed by atoms with Crippen LogP contribution in [0.4, 0.5) is 0 Å². The van der Waals surface area contributed by atoms with Crippen LogP contribution < -0.4 is 11.2 Å². The first-order valence-corrected chi connectivity index (χ1v) is 21.3. The molecular weight excluding hydrogens is 620 g/mol. The fraction of sp³-hybridized carbons (Fsp3) is 0.667. The summed E-state index contributed by atoms with van der Waals surface area (Å²) in [5.74, 6) is 0. The molecule has 3 rings (SSSR count). The highest BCUT2D eigenvalue weighted by Gasteiger charge is 2.47. The Kier molecular flexibility index (Phi) is 10.9. The van der Waals surface area contributed by atoms with E-state index in [9.17, 15) is 9.59 Å². The molecule has 0 radical (unpaired) electrons. The monoisotopic (exact) mass is 668 g/mol. The molecule has 1 aromatic heterocycles. The van der Waals surface area contributed by atoms with E-state index in [1.807, 2.05) is 30.3 Å². The van der Waals surface area contributed by atoms with Gasteiger partial charge in [-0.25, -0.2) is 9.36 Å². The van der Waals surface area contributed by atoms with E-state index in [1.54, 1.807) is 6.20 Å². The number of hydrogen-bond donors (Lipinski definition) is 0. The van der Waals surface area contributed by atoms with E-state index in [2.05, 4.69) is 83.7 Å². The van der Waals surface area contributed by atoms with Crippen LogP contribution in [0.5, 0.6) is 0 Å². The second-order valence-electron chi connectivity index (χ2n) is 14.0. The van der Waals surface area contributed by atoms with Crippen LogP contribution in [0.15, 0.2) is 46.1 Å². The number of benzene rings is 1. The zero-order valence-electron chi connectivity index (χ0n) is 26.5. The summed E-state index contributed by atoms with van der Waals surface area (Å²) in [5.41, 5.74) is 0.585. The van der Waals surface area contributed by atoms with E-state index >= 15 is 0 Å². The zero-order chi connectivity index (χ0) is 30.8. The lowest BCUT2D eigenvalue weighted by Gasteiger charge is -2.40. The average molecular weight is 670 g/mol. The Balaban J connectivity index is 1.91. The number of rotatable bonds is 11. The molecule has 3 atom stereocenters. The molecule has 1 aliphatic heterocycles. The van der Waals surface area contributed by atoms with Gasteiger partial charge in [0.2, 0.25) is 0 Å². The maximum atomic E-state index is 13.7. The normalized spacial score (nSPS) is 20.5. The van der Waals surface area contributed by atoms with Gasteiger partial charge in [-0.3, -0.25) is 9.36 Å². The van der Waals surface area contributed by atoms with Crippen LogP contribution in [0.25, 0.3) is 0 Å². The van der Waals surface area contributed by atoms with Crippen molar-refractivity contribution in [1.82, 2.24) is 9.13 Å². The summed E-state index contributed by atoms with van der Waals surface area (Å²) in [4.78, 5) is 26.8. The van der Waals surface area contributed by atoms with E-state index in [1.165, 1.54) is 4.57 Å². The molecule has 0 spiro atoms. The second kappa shape index (κ2) is 13.1. The lowest BCUT2D eigenvalue weighted by atomic mass is 10.2. The minimum absolute atomic E-state index is 0.0131. The van der Waals surface area contributed by atoms with E-state index in [0.717, 1.165) is 10.1 Å². The fourth-order valence-corrected chi connectivity index (χ4v) is 6.88. The molecule has 41 heavy (non-hydrogen) atoms. The number of aromatic nitrogens is 2. The molecule has 11 heteroatoms. The largest absolute Gasteiger partial charge is 0.414 e. The van der Waals surface area contributed by atoms with E-state index in [-0.39, 0.29) is 34.6 Å².